The molecule has 10 heavy (non-hydrogen) atoms. The molecule has 1 aromatic heterocycles. The van der Waals surface area contributed by atoms with Gasteiger partial charge in [-0.15, -0.1) is 0 Å². The van der Waals surface area contributed by atoms with Gasteiger partial charge in [0, 0.05) is 6.20 Å². The average molecular weight is 137 g/mol. The Morgan fingerprint density at radius 2 is 2.50 bits per heavy atom. The van der Waals surface area contributed by atoms with E-state index in [9.17, 15) is 0 Å². The lowest BCUT2D eigenvalue weighted by molar-refractivity contribution is 0.586. The summed E-state index contributed by atoms with van der Waals surface area (Å²) in [5.74, 6) is 0.767. The van der Waals surface area contributed by atoms with Gasteiger partial charge in [0.15, 0.2) is 0 Å². The van der Waals surface area contributed by atoms with E-state index in [4.69, 9.17) is 0 Å². The highest BCUT2D eigenvalue weighted by atomic mass is 15.1. The lowest BCUT2D eigenvalue weighted by atomic mass is 10.1. The summed E-state index contributed by atoms with van der Waals surface area (Å²) in [6, 6.07) is 0. The second-order valence-corrected chi connectivity index (χ2v) is 2.95. The highest BCUT2D eigenvalue weighted by Crippen LogP contribution is 2.05. The smallest absolute Gasteiger partial charge is 0.116 e. The van der Waals surface area contributed by atoms with Gasteiger partial charge in [-0.2, -0.15) is 5.10 Å². The molecule has 2 nitrogen and oxygen atoms in total. The molecule has 0 atom stereocenters. The minimum atomic E-state index is 0.767. The van der Waals surface area contributed by atoms with Crippen LogP contribution in [0.25, 0.3) is 0 Å². The monoisotopic (exact) mass is 137 g/mol. The fourth-order valence-electron chi connectivity index (χ4n) is 0.819. The van der Waals surface area contributed by atoms with Crippen LogP contribution in [0, 0.1) is 12.1 Å². The van der Waals surface area contributed by atoms with Gasteiger partial charge in [-0.3, -0.25) is 5.10 Å². The number of nitrogens with one attached hydrogen (secondary N) is 1. The summed E-state index contributed by atoms with van der Waals surface area (Å²) in [7, 11) is 0. The van der Waals surface area contributed by atoms with Crippen molar-refractivity contribution in [1.82, 2.24) is 10.2 Å². The molecule has 1 heterocycles. The zero-order valence-electron chi connectivity index (χ0n) is 6.52. The number of hydrogen-bond donors (Lipinski definition) is 1. The van der Waals surface area contributed by atoms with Crippen molar-refractivity contribution in [3.05, 3.63) is 18.0 Å². The number of H-pyrrole nitrogens is 1. The Balaban J connectivity index is 2.28. The largest absolute Gasteiger partial charge is 0.285 e. The minimum absolute atomic E-state index is 0.767. The van der Waals surface area contributed by atoms with Gasteiger partial charge in [-0.05, 0) is 24.3 Å². The van der Waals surface area contributed by atoms with Gasteiger partial charge in [0.1, 0.15) is 6.20 Å². The Bertz CT molecular complexity index is 165. The third-order valence-electron chi connectivity index (χ3n) is 1.49. The molecule has 1 N–H and O–H groups in total. The van der Waals surface area contributed by atoms with E-state index in [1.54, 1.807) is 0 Å². The van der Waals surface area contributed by atoms with Crippen LogP contribution in [-0.4, -0.2) is 10.2 Å². The molecular weight excluding hydrogens is 124 g/mol. The van der Waals surface area contributed by atoms with Gasteiger partial charge >= 0.3 is 0 Å². The van der Waals surface area contributed by atoms with Gasteiger partial charge in [0.2, 0.25) is 0 Å². The first-order valence-corrected chi connectivity index (χ1v) is 3.69. The Hall–Kier alpha value is -0.790. The molecule has 0 fully saturated rings. The van der Waals surface area contributed by atoms with E-state index in [-0.39, 0.29) is 0 Å². The van der Waals surface area contributed by atoms with Gasteiger partial charge in [-0.1, -0.05) is 13.8 Å². The lowest BCUT2D eigenvalue weighted by Crippen LogP contribution is -1.90. The Morgan fingerprint density at radius 3 is 3.00 bits per heavy atom. The first-order valence-electron chi connectivity index (χ1n) is 3.69. The van der Waals surface area contributed by atoms with E-state index in [1.807, 2.05) is 6.20 Å². The summed E-state index contributed by atoms with van der Waals surface area (Å²) >= 11 is 0. The van der Waals surface area contributed by atoms with Crippen LogP contribution < -0.4 is 0 Å². The Labute approximate surface area is 61.7 Å². The maximum Gasteiger partial charge on any atom is 0.116 e. The van der Waals surface area contributed by atoms with E-state index < -0.39 is 0 Å². The van der Waals surface area contributed by atoms with Crippen LogP contribution in [0.1, 0.15) is 25.8 Å². The molecule has 0 unspecified atom stereocenters. The van der Waals surface area contributed by atoms with Crippen LogP contribution in [0.2, 0.25) is 0 Å². The number of aromatic nitrogens is 2. The van der Waals surface area contributed by atoms with Crippen molar-refractivity contribution in [2.45, 2.75) is 26.7 Å². The van der Waals surface area contributed by atoms with Crippen molar-refractivity contribution < 1.29 is 0 Å². The van der Waals surface area contributed by atoms with Crippen LogP contribution in [0.15, 0.2) is 6.20 Å². The minimum Gasteiger partial charge on any atom is -0.285 e. The number of aromatic amines is 1. The van der Waals surface area contributed by atoms with Crippen LogP contribution in [0.5, 0.6) is 0 Å². The standard InChI is InChI=1S/C8H13N2/c1-7(2)3-4-8-5-9-10-6-8/h5,7H,3-4H2,1-2H3,(H,9,10). The summed E-state index contributed by atoms with van der Waals surface area (Å²) in [5, 5.41) is 6.50. The second kappa shape index (κ2) is 3.40. The van der Waals surface area contributed by atoms with Gasteiger partial charge in [0.25, 0.3) is 0 Å². The van der Waals surface area contributed by atoms with Crippen LogP contribution in [-0.2, 0) is 6.42 Å². The maximum atomic E-state index is 3.75. The van der Waals surface area contributed by atoms with Gasteiger partial charge in [-0.25, -0.2) is 0 Å². The van der Waals surface area contributed by atoms with E-state index in [0.29, 0.717) is 0 Å². The van der Waals surface area contributed by atoms with Crippen molar-refractivity contribution in [2.24, 2.45) is 5.92 Å². The molecule has 0 saturated heterocycles. The topological polar surface area (TPSA) is 28.7 Å². The number of rotatable bonds is 3. The summed E-state index contributed by atoms with van der Waals surface area (Å²) in [5.41, 5.74) is 1.19. The summed E-state index contributed by atoms with van der Waals surface area (Å²) in [6.07, 6.45) is 7.10. The van der Waals surface area contributed by atoms with Crippen molar-refractivity contribution >= 4 is 0 Å². The lowest BCUT2D eigenvalue weighted by Gasteiger charge is -1.99. The Morgan fingerprint density at radius 1 is 1.70 bits per heavy atom. The predicted octanol–water partition coefficient (Wildman–Crippen LogP) is 1.80. The van der Waals surface area contributed by atoms with Crippen molar-refractivity contribution in [3.63, 3.8) is 0 Å². The molecule has 1 rings (SSSR count). The third kappa shape index (κ3) is 2.21. The molecule has 0 aliphatic heterocycles. The van der Waals surface area contributed by atoms with E-state index in [2.05, 4.69) is 30.2 Å². The van der Waals surface area contributed by atoms with Gasteiger partial charge in [0.05, 0.1) is 0 Å². The van der Waals surface area contributed by atoms with Crippen molar-refractivity contribution in [2.75, 3.05) is 0 Å². The summed E-state index contributed by atoms with van der Waals surface area (Å²) < 4.78 is 0. The molecule has 0 aromatic carbocycles. The van der Waals surface area contributed by atoms with Gasteiger partial charge < -0.3 is 0 Å². The molecule has 0 saturated carbocycles. The summed E-state index contributed by atoms with van der Waals surface area (Å²) in [4.78, 5) is 0. The molecule has 0 aliphatic rings. The van der Waals surface area contributed by atoms with Crippen LogP contribution >= 0.6 is 0 Å². The molecule has 1 radical (unpaired) electrons. The Kier molecular flexibility index (Phi) is 2.49. The number of hydrogen-bond acceptors (Lipinski definition) is 1. The normalized spacial score (nSPS) is 10.7. The molecule has 0 amide bonds. The molecule has 0 spiro atoms. The van der Waals surface area contributed by atoms with E-state index in [1.165, 1.54) is 12.0 Å². The van der Waals surface area contributed by atoms with Crippen LogP contribution in [0.3, 0.4) is 0 Å². The highest BCUT2D eigenvalue weighted by molar-refractivity contribution is 5.00. The fraction of sp³-hybridized carbons (Fsp3) is 0.625. The average Bonchev–Trinajstić information content (AvgIpc) is 2.34. The maximum absolute atomic E-state index is 3.75. The first-order chi connectivity index (χ1) is 4.79. The summed E-state index contributed by atoms with van der Waals surface area (Å²) in [6.45, 7) is 4.44. The second-order valence-electron chi connectivity index (χ2n) is 2.95. The molecule has 1 aromatic rings. The quantitative estimate of drug-likeness (QED) is 0.676. The SMILES string of the molecule is CC(C)CCc1[c]n[nH]c1. The first kappa shape index (κ1) is 7.32. The fourth-order valence-corrected chi connectivity index (χ4v) is 0.819. The number of aryl methyl sites for hydroxylation is 1. The van der Waals surface area contributed by atoms with Crippen molar-refractivity contribution in [3.8, 4) is 0 Å². The zero-order chi connectivity index (χ0) is 7.40. The molecule has 2 heteroatoms. The molecule has 0 bridgehead atoms. The zero-order valence-corrected chi connectivity index (χ0v) is 6.52. The third-order valence-corrected chi connectivity index (χ3v) is 1.49. The van der Waals surface area contributed by atoms with E-state index in [0.717, 1.165) is 12.3 Å². The van der Waals surface area contributed by atoms with E-state index >= 15 is 0 Å². The predicted molar refractivity (Wildman–Crippen MR) is 40.6 cm³/mol. The number of nitrogens with zero attached hydrogens (tertiary/aromatic N) is 1. The highest BCUT2D eigenvalue weighted by Gasteiger charge is 1.96. The molecular formula is C8H13N2. The molecule has 0 aliphatic carbocycles. The van der Waals surface area contributed by atoms with Crippen LogP contribution in [0.4, 0.5) is 0 Å². The molecule has 55 valence electrons. The van der Waals surface area contributed by atoms with Crippen molar-refractivity contribution in [1.29, 1.82) is 0 Å².